The number of thiazole rings is 1. The zero-order valence-corrected chi connectivity index (χ0v) is 8.61. The molecule has 0 saturated heterocycles. The second-order valence-corrected chi connectivity index (χ2v) is 3.92. The Morgan fingerprint density at radius 3 is 3.14 bits per heavy atom. The van der Waals surface area contributed by atoms with Crippen molar-refractivity contribution in [3.05, 3.63) is 34.8 Å². The number of imidazole rings is 1. The smallest absolute Gasteiger partial charge is 0.115 e. The van der Waals surface area contributed by atoms with Gasteiger partial charge in [-0.25, -0.2) is 9.97 Å². The maximum atomic E-state index is 9.08. The molecule has 0 aliphatic carbocycles. The number of aliphatic hydroxyl groups excluding tert-OH is 1. The Balaban J connectivity index is 2.31. The molecule has 0 radical (unpaired) electrons. The number of aliphatic hydroxyl groups is 1. The molecule has 0 aliphatic rings. The highest BCUT2D eigenvalue weighted by molar-refractivity contribution is 7.09. The van der Waals surface area contributed by atoms with Crippen molar-refractivity contribution in [1.82, 2.24) is 14.5 Å². The van der Waals surface area contributed by atoms with Gasteiger partial charge in [-0.2, -0.15) is 0 Å². The van der Waals surface area contributed by atoms with Crippen molar-refractivity contribution in [2.75, 3.05) is 0 Å². The molecule has 2 heterocycles. The molecule has 4 nitrogen and oxygen atoms in total. The quantitative estimate of drug-likeness (QED) is 0.832. The Labute approximate surface area is 85.9 Å². The van der Waals surface area contributed by atoms with Crippen LogP contribution in [0.3, 0.4) is 0 Å². The minimum atomic E-state index is 0.00964. The highest BCUT2D eigenvalue weighted by Crippen LogP contribution is 2.21. The van der Waals surface area contributed by atoms with Crippen LogP contribution in [0.4, 0.5) is 0 Å². The van der Waals surface area contributed by atoms with Crippen molar-refractivity contribution in [1.29, 1.82) is 0 Å². The van der Waals surface area contributed by atoms with Crippen molar-refractivity contribution in [3.63, 3.8) is 0 Å². The van der Waals surface area contributed by atoms with E-state index >= 15 is 0 Å². The largest absolute Gasteiger partial charge is 0.390 e. The lowest BCUT2D eigenvalue weighted by atomic mass is 10.3. The van der Waals surface area contributed by atoms with E-state index in [9.17, 15) is 0 Å². The van der Waals surface area contributed by atoms with Gasteiger partial charge in [-0.15, -0.1) is 11.3 Å². The first-order valence-electron chi connectivity index (χ1n) is 4.34. The number of rotatable bonds is 3. The van der Waals surface area contributed by atoms with Crippen molar-refractivity contribution < 1.29 is 5.11 Å². The van der Waals surface area contributed by atoms with Gasteiger partial charge in [-0.05, 0) is 6.92 Å². The van der Waals surface area contributed by atoms with Crippen LogP contribution < -0.4 is 0 Å². The molecular weight excluding hydrogens is 198 g/mol. The molecular formula is C9H11N3OS. The van der Waals surface area contributed by atoms with Gasteiger partial charge in [0.05, 0.1) is 30.9 Å². The van der Waals surface area contributed by atoms with E-state index in [1.54, 1.807) is 30.1 Å². The minimum Gasteiger partial charge on any atom is -0.390 e. The summed E-state index contributed by atoms with van der Waals surface area (Å²) in [6.45, 7) is 2.05. The number of hydrogen-bond acceptors (Lipinski definition) is 4. The highest BCUT2D eigenvalue weighted by atomic mass is 32.1. The lowest BCUT2D eigenvalue weighted by molar-refractivity contribution is 0.269. The monoisotopic (exact) mass is 209 g/mol. The molecule has 0 fully saturated rings. The summed E-state index contributed by atoms with van der Waals surface area (Å²) in [5.41, 5.74) is 0.813. The molecule has 1 N–H and O–H groups in total. The molecule has 74 valence electrons. The third kappa shape index (κ3) is 1.56. The molecule has 2 aromatic heterocycles. The first kappa shape index (κ1) is 9.36. The Morgan fingerprint density at radius 1 is 1.64 bits per heavy atom. The number of nitrogens with zero attached hydrogens (tertiary/aromatic N) is 3. The van der Waals surface area contributed by atoms with Crippen LogP contribution in [0.25, 0.3) is 0 Å². The summed E-state index contributed by atoms with van der Waals surface area (Å²) in [5.74, 6) is 0. The number of hydrogen-bond donors (Lipinski definition) is 1. The van der Waals surface area contributed by atoms with Gasteiger partial charge in [-0.3, -0.25) is 0 Å². The molecule has 0 bridgehead atoms. The molecule has 2 aromatic rings. The van der Waals surface area contributed by atoms with Crippen molar-refractivity contribution in [2.45, 2.75) is 19.6 Å². The van der Waals surface area contributed by atoms with Gasteiger partial charge in [0.25, 0.3) is 0 Å². The third-order valence-electron chi connectivity index (χ3n) is 2.13. The van der Waals surface area contributed by atoms with Crippen LogP contribution >= 0.6 is 11.3 Å². The van der Waals surface area contributed by atoms with E-state index < -0.39 is 0 Å². The summed E-state index contributed by atoms with van der Waals surface area (Å²) in [4.78, 5) is 8.24. The predicted octanol–water partition coefficient (Wildman–Crippen LogP) is 1.44. The highest BCUT2D eigenvalue weighted by Gasteiger charge is 2.12. The van der Waals surface area contributed by atoms with Crippen LogP contribution in [0, 0.1) is 0 Å². The molecule has 14 heavy (non-hydrogen) atoms. The summed E-state index contributed by atoms with van der Waals surface area (Å²) < 4.78 is 1.93. The van der Waals surface area contributed by atoms with Gasteiger partial charge < -0.3 is 9.67 Å². The molecule has 0 aliphatic heterocycles. The Bertz CT molecular complexity index is 396. The molecule has 2 rings (SSSR count). The second kappa shape index (κ2) is 3.89. The molecule has 0 spiro atoms. The zero-order chi connectivity index (χ0) is 9.97. The lowest BCUT2D eigenvalue weighted by Crippen LogP contribution is -2.08. The van der Waals surface area contributed by atoms with Crippen LogP contribution in [-0.2, 0) is 6.61 Å². The minimum absolute atomic E-state index is 0.00964. The fourth-order valence-corrected chi connectivity index (χ4v) is 2.06. The average Bonchev–Trinajstić information content (AvgIpc) is 2.87. The topological polar surface area (TPSA) is 50.9 Å². The van der Waals surface area contributed by atoms with Crippen LogP contribution in [0.1, 0.15) is 23.7 Å². The predicted molar refractivity (Wildman–Crippen MR) is 54.1 cm³/mol. The van der Waals surface area contributed by atoms with E-state index in [-0.39, 0.29) is 12.6 Å². The molecule has 0 aromatic carbocycles. The van der Waals surface area contributed by atoms with Crippen LogP contribution in [0.5, 0.6) is 0 Å². The van der Waals surface area contributed by atoms with E-state index in [1.807, 2.05) is 16.9 Å². The fourth-order valence-electron chi connectivity index (χ4n) is 1.36. The zero-order valence-electron chi connectivity index (χ0n) is 7.79. The molecule has 0 amide bonds. The van der Waals surface area contributed by atoms with Crippen LogP contribution in [0.15, 0.2) is 24.1 Å². The summed E-state index contributed by atoms with van der Waals surface area (Å²) >= 11 is 1.61. The van der Waals surface area contributed by atoms with E-state index in [0.717, 1.165) is 10.7 Å². The molecule has 1 unspecified atom stereocenters. The molecule has 0 saturated carbocycles. The van der Waals surface area contributed by atoms with Gasteiger partial charge in [0, 0.05) is 11.6 Å². The first-order valence-corrected chi connectivity index (χ1v) is 5.22. The summed E-state index contributed by atoms with van der Waals surface area (Å²) in [5, 5.41) is 12.0. The maximum Gasteiger partial charge on any atom is 0.115 e. The van der Waals surface area contributed by atoms with Gasteiger partial charge in [0.15, 0.2) is 0 Å². The van der Waals surface area contributed by atoms with Gasteiger partial charge in [-0.1, -0.05) is 0 Å². The Kier molecular flexibility index (Phi) is 2.60. The lowest BCUT2D eigenvalue weighted by Gasteiger charge is -2.12. The van der Waals surface area contributed by atoms with E-state index in [0.29, 0.717) is 0 Å². The van der Waals surface area contributed by atoms with Gasteiger partial charge >= 0.3 is 0 Å². The third-order valence-corrected chi connectivity index (χ3v) is 3.08. The summed E-state index contributed by atoms with van der Waals surface area (Å²) in [6.07, 6.45) is 5.17. The summed E-state index contributed by atoms with van der Waals surface area (Å²) in [7, 11) is 0. The normalized spacial score (nSPS) is 13.0. The van der Waals surface area contributed by atoms with Gasteiger partial charge in [0.2, 0.25) is 0 Å². The Hall–Kier alpha value is -1.20. The summed E-state index contributed by atoms with van der Waals surface area (Å²) in [6, 6.07) is 0.139. The second-order valence-electron chi connectivity index (χ2n) is 3.00. The average molecular weight is 209 g/mol. The van der Waals surface area contributed by atoms with Crippen LogP contribution in [0.2, 0.25) is 0 Å². The van der Waals surface area contributed by atoms with Crippen LogP contribution in [-0.4, -0.2) is 19.6 Å². The SMILES string of the molecule is CC(c1nccs1)n1cncc1CO. The van der Waals surface area contributed by atoms with E-state index in [2.05, 4.69) is 9.97 Å². The maximum absolute atomic E-state index is 9.08. The van der Waals surface area contributed by atoms with Crippen molar-refractivity contribution in [3.8, 4) is 0 Å². The standard InChI is InChI=1S/C9H11N3OS/c1-7(9-11-2-3-14-9)12-6-10-4-8(12)5-13/h2-4,6-7,13H,5H2,1H3. The Morgan fingerprint density at radius 2 is 2.50 bits per heavy atom. The van der Waals surface area contributed by atoms with E-state index in [1.165, 1.54) is 0 Å². The number of aromatic nitrogens is 3. The van der Waals surface area contributed by atoms with Crippen molar-refractivity contribution in [2.24, 2.45) is 0 Å². The van der Waals surface area contributed by atoms with Gasteiger partial charge in [0.1, 0.15) is 5.01 Å². The fraction of sp³-hybridized carbons (Fsp3) is 0.333. The molecule has 5 heteroatoms. The molecule has 1 atom stereocenters. The first-order chi connectivity index (χ1) is 6.83. The van der Waals surface area contributed by atoms with E-state index in [4.69, 9.17) is 5.11 Å². The van der Waals surface area contributed by atoms with Crippen molar-refractivity contribution >= 4 is 11.3 Å².